The number of alkyl halides is 1. The molecule has 0 saturated carbocycles. The lowest BCUT2D eigenvalue weighted by atomic mass is 10.3. The van der Waals surface area contributed by atoms with E-state index >= 15 is 0 Å². The molecule has 0 heterocycles. The van der Waals surface area contributed by atoms with Crippen LogP contribution in [0.3, 0.4) is 0 Å². The predicted octanol–water partition coefficient (Wildman–Crippen LogP) is 2.37. The fourth-order valence-corrected chi connectivity index (χ4v) is 1.66. The molecule has 1 aromatic carbocycles. The maximum atomic E-state index is 5.50. The van der Waals surface area contributed by atoms with Gasteiger partial charge in [0, 0.05) is 5.88 Å². The van der Waals surface area contributed by atoms with Crippen LogP contribution in [0.25, 0.3) is 0 Å². The van der Waals surface area contributed by atoms with Gasteiger partial charge in [-0.2, -0.15) is 0 Å². The second kappa shape index (κ2) is 15.1. The molecule has 0 aliphatic heterocycles. The van der Waals surface area contributed by atoms with Gasteiger partial charge in [-0.15, -0.1) is 11.6 Å². The number of ether oxygens (including phenoxy) is 5. The Hall–Kier alpha value is -0.850. The fourth-order valence-electron chi connectivity index (χ4n) is 1.55. The molecule has 0 atom stereocenters. The Morgan fingerprint density at radius 1 is 0.591 bits per heavy atom. The lowest BCUT2D eigenvalue weighted by Gasteiger charge is -2.08. The first kappa shape index (κ1) is 19.2. The molecule has 0 aliphatic rings. The first-order valence-corrected chi connectivity index (χ1v) is 8.01. The molecule has 0 amide bonds. The summed E-state index contributed by atoms with van der Waals surface area (Å²) < 4.78 is 26.8. The smallest absolute Gasteiger partial charge is 0.119 e. The van der Waals surface area contributed by atoms with Crippen LogP contribution in [-0.2, 0) is 18.9 Å². The van der Waals surface area contributed by atoms with E-state index in [1.165, 1.54) is 0 Å². The third-order valence-electron chi connectivity index (χ3n) is 2.58. The summed E-state index contributed by atoms with van der Waals surface area (Å²) in [6.07, 6.45) is 0. The molecule has 0 aliphatic carbocycles. The van der Waals surface area contributed by atoms with Crippen LogP contribution < -0.4 is 4.74 Å². The van der Waals surface area contributed by atoms with Crippen LogP contribution in [0.5, 0.6) is 5.75 Å². The average Bonchev–Trinajstić information content (AvgIpc) is 2.56. The van der Waals surface area contributed by atoms with Crippen LogP contribution in [0.1, 0.15) is 0 Å². The Balaban J connectivity index is 1.73. The van der Waals surface area contributed by atoms with Crippen LogP contribution in [0.4, 0.5) is 0 Å². The van der Waals surface area contributed by atoms with Gasteiger partial charge in [0.1, 0.15) is 12.4 Å². The number of rotatable bonds is 15. The maximum absolute atomic E-state index is 5.50. The Kier molecular flexibility index (Phi) is 13.1. The highest BCUT2D eigenvalue weighted by Gasteiger charge is 1.94. The highest BCUT2D eigenvalue weighted by Crippen LogP contribution is 2.07. The summed E-state index contributed by atoms with van der Waals surface area (Å²) in [6.45, 7) is 4.99. The zero-order chi connectivity index (χ0) is 15.7. The largest absolute Gasteiger partial charge is 0.491 e. The molecular formula is C16H25ClO5. The van der Waals surface area contributed by atoms with Crippen LogP contribution in [0.2, 0.25) is 0 Å². The maximum Gasteiger partial charge on any atom is 0.119 e. The van der Waals surface area contributed by atoms with E-state index in [1.807, 2.05) is 30.3 Å². The summed E-state index contributed by atoms with van der Waals surface area (Å²) >= 11 is 5.47. The van der Waals surface area contributed by atoms with Gasteiger partial charge in [0.2, 0.25) is 0 Å². The summed E-state index contributed by atoms with van der Waals surface area (Å²) in [4.78, 5) is 0. The van der Waals surface area contributed by atoms with Crippen LogP contribution >= 0.6 is 11.6 Å². The minimum atomic E-state index is 0.513. The topological polar surface area (TPSA) is 46.2 Å². The minimum absolute atomic E-state index is 0.513. The van der Waals surface area contributed by atoms with E-state index in [0.717, 1.165) is 5.75 Å². The zero-order valence-electron chi connectivity index (χ0n) is 12.9. The molecule has 0 fully saturated rings. The monoisotopic (exact) mass is 332 g/mol. The van der Waals surface area contributed by atoms with Gasteiger partial charge in [0.25, 0.3) is 0 Å². The van der Waals surface area contributed by atoms with E-state index in [9.17, 15) is 0 Å². The number of halogens is 1. The summed E-state index contributed by atoms with van der Waals surface area (Å²) in [5.74, 6) is 1.37. The lowest BCUT2D eigenvalue weighted by molar-refractivity contribution is -0.00326. The number of benzene rings is 1. The fraction of sp³-hybridized carbons (Fsp3) is 0.625. The predicted molar refractivity (Wildman–Crippen MR) is 85.9 cm³/mol. The standard InChI is InChI=1S/C16H25ClO5/c17-6-7-18-8-9-19-10-11-20-12-13-21-14-15-22-16-4-2-1-3-5-16/h1-5H,6-15H2. The molecule has 1 rings (SSSR count). The van der Waals surface area contributed by atoms with Crippen molar-refractivity contribution in [3.8, 4) is 5.75 Å². The van der Waals surface area contributed by atoms with Gasteiger partial charge < -0.3 is 23.7 Å². The van der Waals surface area contributed by atoms with Crippen molar-refractivity contribution in [2.24, 2.45) is 0 Å². The first-order valence-electron chi connectivity index (χ1n) is 7.48. The quantitative estimate of drug-likeness (QED) is 0.364. The SMILES string of the molecule is ClCCOCCOCCOCCOCCOc1ccccc1. The Morgan fingerprint density at radius 2 is 1.05 bits per heavy atom. The molecule has 0 bridgehead atoms. The molecule has 5 nitrogen and oxygen atoms in total. The van der Waals surface area contributed by atoms with Crippen molar-refractivity contribution in [3.05, 3.63) is 30.3 Å². The lowest BCUT2D eigenvalue weighted by Crippen LogP contribution is -2.14. The Bertz CT molecular complexity index is 337. The highest BCUT2D eigenvalue weighted by atomic mass is 35.5. The zero-order valence-corrected chi connectivity index (χ0v) is 13.6. The molecule has 0 saturated heterocycles. The molecule has 0 radical (unpaired) electrons. The van der Waals surface area contributed by atoms with Crippen molar-refractivity contribution in [2.45, 2.75) is 0 Å². The molecular weight excluding hydrogens is 308 g/mol. The number of hydrogen-bond donors (Lipinski definition) is 0. The van der Waals surface area contributed by atoms with E-state index in [2.05, 4.69) is 0 Å². The molecule has 22 heavy (non-hydrogen) atoms. The summed E-state index contributed by atoms with van der Waals surface area (Å²) in [6, 6.07) is 9.68. The van der Waals surface area contributed by atoms with Gasteiger partial charge >= 0.3 is 0 Å². The van der Waals surface area contributed by atoms with E-state index in [-0.39, 0.29) is 0 Å². The van der Waals surface area contributed by atoms with Crippen molar-refractivity contribution in [2.75, 3.05) is 65.3 Å². The van der Waals surface area contributed by atoms with Gasteiger partial charge in [-0.3, -0.25) is 0 Å². The van der Waals surface area contributed by atoms with Crippen molar-refractivity contribution >= 4 is 11.6 Å². The minimum Gasteiger partial charge on any atom is -0.491 e. The summed E-state index contributed by atoms with van der Waals surface area (Å²) in [7, 11) is 0. The molecule has 0 aromatic heterocycles. The van der Waals surface area contributed by atoms with Gasteiger partial charge in [0.15, 0.2) is 0 Å². The van der Waals surface area contributed by atoms with Gasteiger partial charge in [-0.1, -0.05) is 18.2 Å². The molecule has 1 aromatic rings. The van der Waals surface area contributed by atoms with E-state index < -0.39 is 0 Å². The molecule has 0 unspecified atom stereocenters. The number of hydrogen-bond acceptors (Lipinski definition) is 5. The van der Waals surface area contributed by atoms with Crippen molar-refractivity contribution in [1.29, 1.82) is 0 Å². The van der Waals surface area contributed by atoms with Crippen LogP contribution in [0, 0.1) is 0 Å². The third kappa shape index (κ3) is 11.8. The molecule has 126 valence electrons. The third-order valence-corrected chi connectivity index (χ3v) is 2.73. The van der Waals surface area contributed by atoms with Crippen LogP contribution in [-0.4, -0.2) is 65.3 Å². The van der Waals surface area contributed by atoms with Crippen molar-refractivity contribution < 1.29 is 23.7 Å². The van der Waals surface area contributed by atoms with Gasteiger partial charge in [-0.05, 0) is 12.1 Å². The van der Waals surface area contributed by atoms with Gasteiger partial charge in [0.05, 0.1) is 52.9 Å². The molecule has 0 spiro atoms. The second-order valence-corrected chi connectivity index (χ2v) is 4.68. The highest BCUT2D eigenvalue weighted by molar-refractivity contribution is 6.17. The summed E-state index contributed by atoms with van der Waals surface area (Å²) in [5, 5.41) is 0. The molecule has 6 heteroatoms. The second-order valence-electron chi connectivity index (χ2n) is 4.30. The van der Waals surface area contributed by atoms with E-state index in [1.54, 1.807) is 0 Å². The molecule has 0 N–H and O–H groups in total. The Labute approximate surface area is 137 Å². The average molecular weight is 333 g/mol. The van der Waals surface area contributed by atoms with Crippen LogP contribution in [0.15, 0.2) is 30.3 Å². The Morgan fingerprint density at radius 3 is 1.55 bits per heavy atom. The number of para-hydroxylation sites is 1. The summed E-state index contributed by atoms with van der Waals surface area (Å²) in [5.41, 5.74) is 0. The van der Waals surface area contributed by atoms with Gasteiger partial charge in [-0.25, -0.2) is 0 Å². The first-order chi connectivity index (χ1) is 10.9. The van der Waals surface area contributed by atoms with Crippen molar-refractivity contribution in [1.82, 2.24) is 0 Å². The van der Waals surface area contributed by atoms with E-state index in [4.69, 9.17) is 35.3 Å². The normalized spacial score (nSPS) is 10.8. The van der Waals surface area contributed by atoms with Crippen molar-refractivity contribution in [3.63, 3.8) is 0 Å². The van der Waals surface area contributed by atoms with E-state index in [0.29, 0.717) is 65.3 Å².